The van der Waals surface area contributed by atoms with Crippen LogP contribution >= 0.6 is 15.8 Å². The van der Waals surface area contributed by atoms with Crippen molar-refractivity contribution in [2.45, 2.75) is 48.3 Å². The molecule has 0 spiro atoms. The Labute approximate surface area is 219 Å². The van der Waals surface area contributed by atoms with E-state index in [4.69, 9.17) is 0 Å². The highest BCUT2D eigenvalue weighted by molar-refractivity contribution is 7.62. The molecule has 2 saturated heterocycles. The lowest BCUT2D eigenvalue weighted by Crippen LogP contribution is -2.05. The molecule has 4 atom stereocenters. The number of rotatable bonds is 7. The molecule has 0 saturated carbocycles. The van der Waals surface area contributed by atoms with Crippen LogP contribution in [0.15, 0.2) is 121 Å². The van der Waals surface area contributed by atoms with Crippen molar-refractivity contribution in [1.82, 2.24) is 0 Å². The molecule has 0 unspecified atom stereocenters. The Morgan fingerprint density at radius 2 is 0.583 bits per heavy atom. The third-order valence-corrected chi connectivity index (χ3v) is 15.6. The molecule has 2 aliphatic heterocycles. The van der Waals surface area contributed by atoms with E-state index in [0.29, 0.717) is 0 Å². The maximum absolute atomic E-state index is 2.40. The van der Waals surface area contributed by atoms with E-state index >= 15 is 0 Å². The number of hydrogen-bond acceptors (Lipinski definition) is 0. The summed E-state index contributed by atoms with van der Waals surface area (Å²) in [5.74, 6) is 0. The minimum absolute atomic E-state index is 0.100. The quantitative estimate of drug-likeness (QED) is 0.219. The Kier molecular flexibility index (Phi) is 7.65. The zero-order valence-corrected chi connectivity index (χ0v) is 22.8. The lowest BCUT2D eigenvalue weighted by molar-refractivity contribution is 0.765. The van der Waals surface area contributed by atoms with E-state index in [2.05, 4.69) is 121 Å². The second-order valence-electron chi connectivity index (χ2n) is 10.3. The van der Waals surface area contributed by atoms with Gasteiger partial charge in [-0.25, -0.2) is 0 Å². The molecule has 0 aromatic heterocycles. The van der Waals surface area contributed by atoms with E-state index in [1.807, 2.05) is 0 Å². The van der Waals surface area contributed by atoms with Gasteiger partial charge in [-0.2, -0.15) is 0 Å². The van der Waals surface area contributed by atoms with Gasteiger partial charge in [-0.3, -0.25) is 0 Å². The molecule has 0 nitrogen and oxygen atoms in total. The predicted octanol–water partition coefficient (Wildman–Crippen LogP) is 10.5. The van der Waals surface area contributed by atoms with Gasteiger partial charge in [0.1, 0.15) is 0 Å². The molecule has 36 heavy (non-hydrogen) atoms. The maximum Gasteiger partial charge on any atom is 0.00477 e. The van der Waals surface area contributed by atoms with Crippen molar-refractivity contribution in [2.75, 3.05) is 12.3 Å². The molecule has 2 aliphatic rings. The van der Waals surface area contributed by atoms with Crippen molar-refractivity contribution >= 4 is 15.8 Å². The molecule has 4 aromatic carbocycles. The van der Waals surface area contributed by atoms with E-state index in [-0.39, 0.29) is 15.8 Å². The Morgan fingerprint density at radius 1 is 0.361 bits per heavy atom. The summed E-state index contributed by atoms with van der Waals surface area (Å²) in [6.07, 6.45) is 8.20. The van der Waals surface area contributed by atoms with E-state index in [0.717, 1.165) is 22.6 Å². The van der Waals surface area contributed by atoms with Crippen LogP contribution in [0.3, 0.4) is 0 Å². The monoisotopic (exact) mass is 506 g/mol. The zero-order chi connectivity index (χ0) is 24.2. The molecule has 0 aliphatic carbocycles. The number of benzene rings is 4. The van der Waals surface area contributed by atoms with Crippen LogP contribution < -0.4 is 0 Å². The fourth-order valence-electron chi connectivity index (χ4n) is 6.72. The Balaban J connectivity index is 1.30. The summed E-state index contributed by atoms with van der Waals surface area (Å²) in [7, 11) is -0.201. The van der Waals surface area contributed by atoms with Crippen LogP contribution in [-0.4, -0.2) is 12.3 Å². The van der Waals surface area contributed by atoms with Crippen molar-refractivity contribution in [2.24, 2.45) is 0 Å². The maximum atomic E-state index is 2.40. The van der Waals surface area contributed by atoms with Crippen LogP contribution in [0.25, 0.3) is 0 Å². The summed E-state index contributed by atoms with van der Waals surface area (Å²) in [5.41, 5.74) is 9.31. The summed E-state index contributed by atoms with van der Waals surface area (Å²) < 4.78 is 0. The first-order valence-electron chi connectivity index (χ1n) is 13.6. The molecule has 6 rings (SSSR count). The smallest absolute Gasteiger partial charge is 0.00477 e. The molecule has 182 valence electrons. The van der Waals surface area contributed by atoms with Gasteiger partial charge in [0.15, 0.2) is 0 Å². The Morgan fingerprint density at radius 3 is 0.806 bits per heavy atom. The molecule has 2 heteroatoms. The Hall–Kier alpha value is -2.26. The zero-order valence-electron chi connectivity index (χ0n) is 21.0. The summed E-state index contributed by atoms with van der Waals surface area (Å²) in [4.78, 5) is 0. The molecular weight excluding hydrogens is 470 g/mol. The van der Waals surface area contributed by atoms with Gasteiger partial charge >= 0.3 is 0 Å². The second kappa shape index (κ2) is 11.4. The van der Waals surface area contributed by atoms with Crippen LogP contribution in [0.2, 0.25) is 0 Å². The van der Waals surface area contributed by atoms with Crippen molar-refractivity contribution in [3.8, 4) is 0 Å². The molecule has 4 aromatic rings. The first kappa shape index (κ1) is 24.1. The fraction of sp³-hybridized carbons (Fsp3) is 0.294. The van der Waals surface area contributed by atoms with E-state index in [1.165, 1.54) is 38.0 Å². The summed E-state index contributed by atoms with van der Waals surface area (Å²) in [5, 5.41) is 0. The van der Waals surface area contributed by atoms with Crippen LogP contribution in [0.5, 0.6) is 0 Å². The van der Waals surface area contributed by atoms with Gasteiger partial charge in [-0.1, -0.05) is 137 Å². The average molecular weight is 507 g/mol. The van der Waals surface area contributed by atoms with E-state index < -0.39 is 0 Å². The molecular formula is C34H36P2. The minimum atomic E-state index is -0.100. The topological polar surface area (TPSA) is 0 Å². The van der Waals surface area contributed by atoms with Gasteiger partial charge in [-0.05, 0) is 60.3 Å². The van der Waals surface area contributed by atoms with Crippen molar-refractivity contribution in [3.05, 3.63) is 144 Å². The SMILES string of the molecule is c1ccc([C@H]2CC[C@H](c3ccccc3)P2CCP2[C@@H](c3ccccc3)CC[C@@H]2c2ccccc2)cc1. The summed E-state index contributed by atoms with van der Waals surface area (Å²) >= 11 is 0. The van der Waals surface area contributed by atoms with E-state index in [9.17, 15) is 0 Å². The average Bonchev–Trinajstić information content (AvgIpc) is 3.58. The van der Waals surface area contributed by atoms with Gasteiger partial charge < -0.3 is 0 Å². The van der Waals surface area contributed by atoms with Gasteiger partial charge in [0, 0.05) is 22.6 Å². The summed E-state index contributed by atoms with van der Waals surface area (Å²) in [6.45, 7) is 0. The van der Waals surface area contributed by atoms with Gasteiger partial charge in [0.05, 0.1) is 0 Å². The molecule has 2 fully saturated rings. The highest BCUT2D eigenvalue weighted by Gasteiger charge is 2.41. The van der Waals surface area contributed by atoms with Crippen molar-refractivity contribution in [1.29, 1.82) is 0 Å². The lowest BCUT2D eigenvalue weighted by Gasteiger charge is -2.32. The highest BCUT2D eigenvalue weighted by Crippen LogP contribution is 2.75. The predicted molar refractivity (Wildman–Crippen MR) is 159 cm³/mol. The minimum Gasteiger partial charge on any atom is -0.0910 e. The molecule has 0 radical (unpaired) electrons. The van der Waals surface area contributed by atoms with Crippen molar-refractivity contribution < 1.29 is 0 Å². The normalized spacial score (nSPS) is 24.8. The Bertz CT molecular complexity index is 1020. The second-order valence-corrected chi connectivity index (χ2v) is 15.8. The molecule has 0 amide bonds. The molecule has 0 N–H and O–H groups in total. The van der Waals surface area contributed by atoms with Gasteiger partial charge in [-0.15, -0.1) is 0 Å². The fourth-order valence-corrected chi connectivity index (χ4v) is 14.8. The van der Waals surface area contributed by atoms with Crippen LogP contribution in [0, 0.1) is 0 Å². The lowest BCUT2D eigenvalue weighted by atomic mass is 10.0. The third-order valence-electron chi connectivity index (χ3n) is 8.38. The largest absolute Gasteiger partial charge is 0.0910 e. The van der Waals surface area contributed by atoms with Crippen molar-refractivity contribution in [3.63, 3.8) is 0 Å². The first-order chi connectivity index (χ1) is 17.9. The van der Waals surface area contributed by atoms with Crippen LogP contribution in [0.1, 0.15) is 70.6 Å². The van der Waals surface area contributed by atoms with Gasteiger partial charge in [0.25, 0.3) is 0 Å². The first-order valence-corrected chi connectivity index (χ1v) is 16.9. The highest BCUT2D eigenvalue weighted by atomic mass is 31.1. The van der Waals surface area contributed by atoms with E-state index in [1.54, 1.807) is 22.3 Å². The standard InChI is InChI=1S/C34H36P2/c1-5-13-27(14-6-1)31-21-22-32(28-15-7-2-8-16-28)35(31)25-26-36-33(29-17-9-3-10-18-29)23-24-34(36)30-19-11-4-12-20-30/h1-20,31-34H,21-26H2/t31-,32-,33-,34-/m1/s1. The van der Waals surface area contributed by atoms with Gasteiger partial charge in [0.2, 0.25) is 0 Å². The molecule has 0 bridgehead atoms. The summed E-state index contributed by atoms with van der Waals surface area (Å²) in [6, 6.07) is 45.8. The number of hydrogen-bond donors (Lipinski definition) is 0. The third kappa shape index (κ3) is 5.09. The van der Waals surface area contributed by atoms with Crippen LogP contribution in [0.4, 0.5) is 0 Å². The molecule has 2 heterocycles. The van der Waals surface area contributed by atoms with Crippen LogP contribution in [-0.2, 0) is 0 Å².